The number of hydrogen-bond acceptors (Lipinski definition) is 4. The zero-order valence-corrected chi connectivity index (χ0v) is 16.5. The van der Waals surface area contributed by atoms with Crippen LogP contribution in [-0.4, -0.2) is 30.2 Å². The monoisotopic (exact) mass is 388 g/mol. The Morgan fingerprint density at radius 3 is 2.57 bits per heavy atom. The van der Waals surface area contributed by atoms with E-state index >= 15 is 0 Å². The number of aromatic amines is 1. The van der Waals surface area contributed by atoms with Crippen LogP contribution in [0.3, 0.4) is 0 Å². The van der Waals surface area contributed by atoms with E-state index in [1.165, 1.54) is 4.57 Å². The fourth-order valence-electron chi connectivity index (χ4n) is 5.55. The normalized spacial score (nSPS) is 26.4. The van der Waals surface area contributed by atoms with Gasteiger partial charge in [0.25, 0.3) is 5.56 Å². The highest BCUT2D eigenvalue weighted by molar-refractivity contribution is 5.70. The number of aromatic nitrogens is 4. The smallest absolute Gasteiger partial charge is 0.332 e. The van der Waals surface area contributed by atoms with Gasteiger partial charge in [0.2, 0.25) is 0 Å². The number of carboxylic acids is 1. The van der Waals surface area contributed by atoms with E-state index in [-0.39, 0.29) is 35.4 Å². The van der Waals surface area contributed by atoms with Crippen LogP contribution in [0.1, 0.15) is 64.1 Å². The topological polar surface area (TPSA) is 110 Å². The number of fused-ring (bicyclic) bond motifs is 3. The first-order valence-corrected chi connectivity index (χ1v) is 10.4. The molecule has 4 rings (SSSR count). The minimum Gasteiger partial charge on any atom is -0.481 e. The van der Waals surface area contributed by atoms with E-state index in [0.29, 0.717) is 36.6 Å². The summed E-state index contributed by atoms with van der Waals surface area (Å²) in [5, 5.41) is 9.21. The van der Waals surface area contributed by atoms with Crippen molar-refractivity contribution in [2.45, 2.75) is 71.4 Å². The minimum atomic E-state index is -0.750. The summed E-state index contributed by atoms with van der Waals surface area (Å²) < 4.78 is 2.91. The highest BCUT2D eigenvalue weighted by atomic mass is 16.4. The van der Waals surface area contributed by atoms with Gasteiger partial charge in [-0.05, 0) is 49.9 Å². The number of aryl methyl sites for hydroxylation is 1. The molecule has 0 aliphatic heterocycles. The van der Waals surface area contributed by atoms with Crippen molar-refractivity contribution in [1.82, 2.24) is 19.1 Å². The molecule has 0 saturated heterocycles. The average molecular weight is 388 g/mol. The van der Waals surface area contributed by atoms with Gasteiger partial charge in [-0.1, -0.05) is 13.8 Å². The van der Waals surface area contributed by atoms with Gasteiger partial charge in [-0.3, -0.25) is 18.7 Å². The van der Waals surface area contributed by atoms with Crippen molar-refractivity contribution < 1.29 is 9.90 Å². The van der Waals surface area contributed by atoms with Gasteiger partial charge in [0.15, 0.2) is 5.65 Å². The number of imidazole rings is 1. The van der Waals surface area contributed by atoms with E-state index < -0.39 is 5.97 Å². The second-order valence-corrected chi connectivity index (χ2v) is 8.33. The molecule has 2 fully saturated rings. The van der Waals surface area contributed by atoms with Crippen molar-refractivity contribution in [3.05, 3.63) is 26.7 Å². The lowest BCUT2D eigenvalue weighted by Crippen LogP contribution is -2.40. The lowest BCUT2D eigenvalue weighted by atomic mass is 9.85. The number of H-pyrrole nitrogens is 1. The van der Waals surface area contributed by atoms with Crippen LogP contribution in [0.4, 0.5) is 0 Å². The van der Waals surface area contributed by atoms with E-state index in [1.54, 1.807) is 4.57 Å². The van der Waals surface area contributed by atoms with Crippen molar-refractivity contribution in [2.75, 3.05) is 0 Å². The maximum atomic E-state index is 12.9. The maximum absolute atomic E-state index is 12.9. The highest BCUT2D eigenvalue weighted by Crippen LogP contribution is 2.57. The number of hydrogen-bond donors (Lipinski definition) is 2. The van der Waals surface area contributed by atoms with Crippen LogP contribution in [0.15, 0.2) is 9.59 Å². The van der Waals surface area contributed by atoms with E-state index in [1.807, 2.05) is 13.8 Å². The van der Waals surface area contributed by atoms with Gasteiger partial charge in [0.05, 0.1) is 0 Å². The second-order valence-electron chi connectivity index (χ2n) is 8.33. The predicted octanol–water partition coefficient (Wildman–Crippen LogP) is 2.31. The van der Waals surface area contributed by atoms with E-state index in [9.17, 15) is 19.5 Å². The average Bonchev–Trinajstić information content (AvgIpc) is 3.33. The Balaban J connectivity index is 1.81. The summed E-state index contributed by atoms with van der Waals surface area (Å²) in [4.78, 5) is 44.9. The zero-order valence-electron chi connectivity index (χ0n) is 16.5. The first-order chi connectivity index (χ1) is 13.5. The number of nitrogens with zero attached hydrogens (tertiary/aromatic N) is 3. The summed E-state index contributed by atoms with van der Waals surface area (Å²) in [7, 11) is 0. The van der Waals surface area contributed by atoms with Gasteiger partial charge in [0.1, 0.15) is 11.3 Å². The third-order valence-corrected chi connectivity index (χ3v) is 6.58. The molecule has 2 saturated carbocycles. The fourth-order valence-corrected chi connectivity index (χ4v) is 5.55. The molecule has 2 aliphatic carbocycles. The lowest BCUT2D eigenvalue weighted by Gasteiger charge is -2.19. The van der Waals surface area contributed by atoms with Gasteiger partial charge >= 0.3 is 11.7 Å². The van der Waals surface area contributed by atoms with Crippen LogP contribution in [0.25, 0.3) is 11.2 Å². The molecule has 2 aromatic rings. The molecule has 2 N–H and O–H groups in total. The number of nitrogens with one attached hydrogen (secondary N) is 1. The third-order valence-electron chi connectivity index (χ3n) is 6.58. The Morgan fingerprint density at radius 1 is 1.18 bits per heavy atom. The fraction of sp³-hybridized carbons (Fsp3) is 0.700. The second kappa shape index (κ2) is 7.22. The molecule has 2 heterocycles. The Bertz CT molecular complexity index is 1020. The van der Waals surface area contributed by atoms with Gasteiger partial charge in [0, 0.05) is 25.4 Å². The van der Waals surface area contributed by atoms with Crippen molar-refractivity contribution in [1.29, 1.82) is 0 Å². The lowest BCUT2D eigenvalue weighted by molar-refractivity contribution is -0.138. The van der Waals surface area contributed by atoms with Gasteiger partial charge in [-0.15, -0.1) is 0 Å². The number of carbonyl (C=O) groups is 1. The van der Waals surface area contributed by atoms with Crippen LogP contribution < -0.4 is 11.2 Å². The summed E-state index contributed by atoms with van der Waals surface area (Å²) in [6.45, 7) is 4.84. The molecule has 0 aromatic carbocycles. The van der Waals surface area contributed by atoms with Crippen LogP contribution in [-0.2, 0) is 17.9 Å². The number of carboxylic acid groups (broad SMARTS) is 1. The molecule has 2 aliphatic rings. The van der Waals surface area contributed by atoms with Gasteiger partial charge in [-0.2, -0.15) is 0 Å². The summed E-state index contributed by atoms with van der Waals surface area (Å²) in [5.41, 5.74) is 0.246. The van der Waals surface area contributed by atoms with E-state index in [0.717, 1.165) is 31.5 Å². The SMILES string of the molecule is CCCn1c(=O)c2[nH]c(C3C4CCC3C(CC(=O)O)C4)nc2n(CCC)c1=O. The minimum absolute atomic E-state index is 0.154. The predicted molar refractivity (Wildman–Crippen MR) is 105 cm³/mol. The van der Waals surface area contributed by atoms with Crippen LogP contribution in [0.2, 0.25) is 0 Å². The zero-order chi connectivity index (χ0) is 20.0. The molecular formula is C20H28N4O4. The van der Waals surface area contributed by atoms with Crippen LogP contribution in [0.5, 0.6) is 0 Å². The van der Waals surface area contributed by atoms with Gasteiger partial charge < -0.3 is 10.1 Å². The first-order valence-electron chi connectivity index (χ1n) is 10.4. The largest absolute Gasteiger partial charge is 0.481 e. The number of rotatable bonds is 7. The molecule has 28 heavy (non-hydrogen) atoms. The molecular weight excluding hydrogens is 360 g/mol. The summed E-state index contributed by atoms with van der Waals surface area (Å²) in [6, 6.07) is 0. The molecule has 4 unspecified atom stereocenters. The summed E-state index contributed by atoms with van der Waals surface area (Å²) in [5.74, 6) is 1.01. The maximum Gasteiger partial charge on any atom is 0.332 e. The Labute approximate surface area is 162 Å². The van der Waals surface area contributed by atoms with Crippen molar-refractivity contribution >= 4 is 17.1 Å². The van der Waals surface area contributed by atoms with Crippen molar-refractivity contribution in [3.8, 4) is 0 Å². The quantitative estimate of drug-likeness (QED) is 0.756. The van der Waals surface area contributed by atoms with Crippen LogP contribution >= 0.6 is 0 Å². The van der Waals surface area contributed by atoms with Crippen molar-refractivity contribution in [2.24, 2.45) is 17.8 Å². The van der Waals surface area contributed by atoms with Crippen molar-refractivity contribution in [3.63, 3.8) is 0 Å². The molecule has 2 aromatic heterocycles. The standard InChI is InChI=1S/C20H28N4O4/c1-3-7-23-18-16(19(27)24(8-4-2)20(23)28)21-17(22-18)15-11-5-6-13(15)12(9-11)10-14(25)26/h11-13,15H,3-10H2,1-2H3,(H,21,22)(H,25,26). The summed E-state index contributed by atoms with van der Waals surface area (Å²) >= 11 is 0. The molecule has 8 nitrogen and oxygen atoms in total. The van der Waals surface area contributed by atoms with E-state index in [2.05, 4.69) is 4.98 Å². The molecule has 0 amide bonds. The molecule has 4 atom stereocenters. The molecule has 0 radical (unpaired) electrons. The first kappa shape index (κ1) is 19.0. The van der Waals surface area contributed by atoms with Crippen LogP contribution in [0, 0.1) is 17.8 Å². The Kier molecular flexibility index (Phi) is 4.89. The molecule has 0 spiro atoms. The molecule has 152 valence electrons. The van der Waals surface area contributed by atoms with E-state index in [4.69, 9.17) is 4.98 Å². The Hall–Kier alpha value is -2.38. The van der Waals surface area contributed by atoms with Gasteiger partial charge in [-0.25, -0.2) is 9.78 Å². The number of aliphatic carboxylic acids is 1. The summed E-state index contributed by atoms with van der Waals surface area (Å²) in [6.07, 6.45) is 4.66. The molecule has 2 bridgehead atoms. The Morgan fingerprint density at radius 2 is 1.89 bits per heavy atom. The molecule has 8 heteroatoms. The third kappa shape index (κ3) is 2.89. The highest BCUT2D eigenvalue weighted by Gasteiger charge is 2.50.